The first-order valence-electron chi connectivity index (χ1n) is 6.52. The number of amides is 1. The van der Waals surface area contributed by atoms with Crippen molar-refractivity contribution in [1.29, 1.82) is 0 Å². The van der Waals surface area contributed by atoms with Crippen LogP contribution in [0.4, 0.5) is 10.1 Å². The fourth-order valence-corrected chi connectivity index (χ4v) is 3.46. The van der Waals surface area contributed by atoms with Gasteiger partial charge in [0.2, 0.25) is 15.9 Å². The van der Waals surface area contributed by atoms with Gasteiger partial charge in [-0.15, -0.1) is 0 Å². The van der Waals surface area contributed by atoms with E-state index in [-0.39, 0.29) is 28.3 Å². The van der Waals surface area contributed by atoms with Gasteiger partial charge in [-0.1, -0.05) is 27.7 Å². The van der Waals surface area contributed by atoms with E-state index in [9.17, 15) is 17.6 Å². The minimum atomic E-state index is -4.11. The second-order valence-electron chi connectivity index (χ2n) is 6.56. The van der Waals surface area contributed by atoms with Crippen molar-refractivity contribution >= 4 is 21.6 Å². The summed E-state index contributed by atoms with van der Waals surface area (Å²) < 4.78 is 36.0. The van der Waals surface area contributed by atoms with Gasteiger partial charge >= 0.3 is 0 Å². The number of carbonyl (C=O) groups is 1. The van der Waals surface area contributed by atoms with Crippen LogP contribution >= 0.6 is 0 Å². The summed E-state index contributed by atoms with van der Waals surface area (Å²) in [6, 6.07) is 3.33. The van der Waals surface area contributed by atoms with Gasteiger partial charge in [-0.3, -0.25) is 4.79 Å². The third-order valence-corrected chi connectivity index (χ3v) is 5.73. The highest BCUT2D eigenvalue weighted by Crippen LogP contribution is 2.68. The Balaban J connectivity index is 2.19. The van der Waals surface area contributed by atoms with E-state index in [1.54, 1.807) is 0 Å². The van der Waals surface area contributed by atoms with Crippen LogP contribution in [0.1, 0.15) is 27.7 Å². The van der Waals surface area contributed by atoms with E-state index >= 15 is 0 Å². The average Bonchev–Trinajstić information content (AvgIpc) is 2.66. The molecule has 0 atom stereocenters. The van der Waals surface area contributed by atoms with Crippen molar-refractivity contribution in [3.05, 3.63) is 24.0 Å². The highest BCUT2D eigenvalue weighted by molar-refractivity contribution is 7.89. The molecular formula is C14H19FN2O3S. The predicted octanol–water partition coefficient (Wildman–Crippen LogP) is 2.09. The van der Waals surface area contributed by atoms with E-state index in [1.165, 1.54) is 6.07 Å². The first kappa shape index (κ1) is 15.9. The van der Waals surface area contributed by atoms with E-state index in [1.807, 2.05) is 27.7 Å². The maximum Gasteiger partial charge on any atom is 0.240 e. The van der Waals surface area contributed by atoms with Gasteiger partial charge in [0.25, 0.3) is 0 Å². The molecule has 7 heteroatoms. The fourth-order valence-electron chi connectivity index (χ4n) is 2.88. The zero-order chi connectivity index (χ0) is 16.2. The van der Waals surface area contributed by atoms with Crippen molar-refractivity contribution in [2.24, 2.45) is 21.9 Å². The van der Waals surface area contributed by atoms with Gasteiger partial charge in [-0.05, 0) is 29.0 Å². The highest BCUT2D eigenvalue weighted by atomic mass is 32.2. The van der Waals surface area contributed by atoms with E-state index in [4.69, 9.17) is 5.14 Å². The summed E-state index contributed by atoms with van der Waals surface area (Å²) in [5.41, 5.74) is -0.0461. The second-order valence-corrected chi connectivity index (χ2v) is 8.09. The lowest BCUT2D eigenvalue weighted by molar-refractivity contribution is -0.118. The summed E-state index contributed by atoms with van der Waals surface area (Å²) >= 11 is 0. The molecule has 0 aliphatic heterocycles. The molecule has 0 heterocycles. The molecule has 0 radical (unpaired) electrons. The molecule has 1 amide bonds. The van der Waals surface area contributed by atoms with Gasteiger partial charge in [-0.2, -0.15) is 0 Å². The maximum atomic E-state index is 13.7. The van der Waals surface area contributed by atoms with Crippen LogP contribution in [0.2, 0.25) is 0 Å². The Morgan fingerprint density at radius 2 is 1.76 bits per heavy atom. The lowest BCUT2D eigenvalue weighted by Crippen LogP contribution is -2.18. The number of hydrogen-bond donors (Lipinski definition) is 2. The highest BCUT2D eigenvalue weighted by Gasteiger charge is 2.68. The standard InChI is InChI=1S/C14H19FN2O3S/c1-13(2)11(14(13,3)4)12(18)17-8-5-6-10(9(15)7-8)21(16,19)20/h5-7,11H,1-4H3,(H,17,18)(H2,16,19,20). The third kappa shape index (κ3) is 2.55. The normalized spacial score (nSPS) is 20.1. The Kier molecular flexibility index (Phi) is 3.42. The van der Waals surface area contributed by atoms with Crippen molar-refractivity contribution in [2.75, 3.05) is 5.32 Å². The molecule has 0 unspecified atom stereocenters. The van der Waals surface area contributed by atoms with E-state index < -0.39 is 20.7 Å². The van der Waals surface area contributed by atoms with Crippen LogP contribution in [0.3, 0.4) is 0 Å². The summed E-state index contributed by atoms with van der Waals surface area (Å²) in [5, 5.41) is 7.50. The molecule has 5 nitrogen and oxygen atoms in total. The van der Waals surface area contributed by atoms with Gasteiger partial charge in [0.1, 0.15) is 10.7 Å². The topological polar surface area (TPSA) is 89.3 Å². The molecule has 21 heavy (non-hydrogen) atoms. The Bertz CT molecular complexity index is 697. The van der Waals surface area contributed by atoms with Gasteiger partial charge in [0, 0.05) is 11.6 Å². The number of rotatable bonds is 3. The number of benzene rings is 1. The molecule has 1 fully saturated rings. The first-order valence-corrected chi connectivity index (χ1v) is 8.07. The maximum absolute atomic E-state index is 13.7. The minimum Gasteiger partial charge on any atom is -0.326 e. The number of primary sulfonamides is 1. The van der Waals surface area contributed by atoms with Crippen molar-refractivity contribution in [1.82, 2.24) is 0 Å². The monoisotopic (exact) mass is 314 g/mol. The number of sulfonamides is 1. The Hall–Kier alpha value is -1.47. The molecule has 0 aromatic heterocycles. The fraction of sp³-hybridized carbons (Fsp3) is 0.500. The molecule has 0 bridgehead atoms. The SMILES string of the molecule is CC1(C)C(C(=O)Nc2ccc(S(N)(=O)=O)c(F)c2)C1(C)C. The molecule has 1 saturated carbocycles. The number of halogens is 1. The van der Waals surface area contributed by atoms with Gasteiger partial charge in [0.15, 0.2) is 0 Å². The molecule has 1 aromatic rings. The smallest absolute Gasteiger partial charge is 0.240 e. The van der Waals surface area contributed by atoms with E-state index in [2.05, 4.69) is 5.32 Å². The zero-order valence-electron chi connectivity index (χ0n) is 12.4. The van der Waals surface area contributed by atoms with Crippen molar-refractivity contribution in [3.63, 3.8) is 0 Å². The second kappa shape index (κ2) is 4.51. The molecule has 2 rings (SSSR count). The average molecular weight is 314 g/mol. The Labute approximate surface area is 123 Å². The van der Waals surface area contributed by atoms with E-state index in [0.717, 1.165) is 12.1 Å². The molecule has 1 aliphatic rings. The lowest BCUT2D eigenvalue weighted by atomic mass is 10.0. The Morgan fingerprint density at radius 1 is 1.24 bits per heavy atom. The number of anilines is 1. The summed E-state index contributed by atoms with van der Waals surface area (Å²) in [7, 11) is -4.11. The third-order valence-electron chi connectivity index (χ3n) is 4.79. The van der Waals surface area contributed by atoms with Crippen molar-refractivity contribution in [3.8, 4) is 0 Å². The van der Waals surface area contributed by atoms with Gasteiger partial charge in [0.05, 0.1) is 0 Å². The Morgan fingerprint density at radius 3 is 2.14 bits per heavy atom. The summed E-state index contributed by atoms with van der Waals surface area (Å²) in [6.07, 6.45) is 0. The van der Waals surface area contributed by atoms with Crippen LogP contribution in [0, 0.1) is 22.6 Å². The van der Waals surface area contributed by atoms with E-state index in [0.29, 0.717) is 0 Å². The van der Waals surface area contributed by atoms with Crippen LogP contribution in [-0.2, 0) is 14.8 Å². The largest absolute Gasteiger partial charge is 0.326 e. The summed E-state index contributed by atoms with van der Waals surface area (Å²) in [6.45, 7) is 8.01. The number of nitrogens with two attached hydrogens (primary N) is 1. The van der Waals surface area contributed by atoms with Crippen LogP contribution in [0.5, 0.6) is 0 Å². The van der Waals surface area contributed by atoms with Crippen LogP contribution in [0.15, 0.2) is 23.1 Å². The summed E-state index contributed by atoms with van der Waals surface area (Å²) in [5.74, 6) is -1.36. The molecule has 0 saturated heterocycles. The molecule has 116 valence electrons. The van der Waals surface area contributed by atoms with Gasteiger partial charge < -0.3 is 5.32 Å². The lowest BCUT2D eigenvalue weighted by Gasteiger charge is -2.08. The van der Waals surface area contributed by atoms with Crippen LogP contribution in [0.25, 0.3) is 0 Å². The van der Waals surface area contributed by atoms with Gasteiger partial charge in [-0.25, -0.2) is 17.9 Å². The van der Waals surface area contributed by atoms with Crippen LogP contribution < -0.4 is 10.5 Å². The van der Waals surface area contributed by atoms with Crippen molar-refractivity contribution in [2.45, 2.75) is 32.6 Å². The van der Waals surface area contributed by atoms with Crippen molar-refractivity contribution < 1.29 is 17.6 Å². The predicted molar refractivity (Wildman–Crippen MR) is 77.5 cm³/mol. The summed E-state index contributed by atoms with van der Waals surface area (Å²) in [4.78, 5) is 11.6. The first-order chi connectivity index (χ1) is 9.39. The number of hydrogen-bond acceptors (Lipinski definition) is 3. The quantitative estimate of drug-likeness (QED) is 0.895. The molecule has 3 N–H and O–H groups in total. The van der Waals surface area contributed by atoms with Crippen LogP contribution in [-0.4, -0.2) is 14.3 Å². The molecule has 1 aliphatic carbocycles. The molecule has 1 aromatic carbocycles. The molecule has 0 spiro atoms. The number of nitrogens with one attached hydrogen (secondary N) is 1. The molecular weight excluding hydrogens is 295 g/mol. The zero-order valence-corrected chi connectivity index (χ0v) is 13.2. The number of carbonyl (C=O) groups excluding carboxylic acids is 1. The minimum absolute atomic E-state index is 0.129.